The molecule has 110 valence electrons. The van der Waals surface area contributed by atoms with Crippen molar-refractivity contribution >= 4 is 11.0 Å². The second kappa shape index (κ2) is 6.10. The molecule has 0 saturated carbocycles. The van der Waals surface area contributed by atoms with E-state index >= 15 is 0 Å². The first-order valence-corrected chi connectivity index (χ1v) is 7.39. The van der Waals surface area contributed by atoms with Crippen molar-refractivity contribution < 1.29 is 0 Å². The van der Waals surface area contributed by atoms with Gasteiger partial charge < -0.3 is 9.88 Å². The predicted molar refractivity (Wildman–Crippen MR) is 84.0 cm³/mol. The van der Waals surface area contributed by atoms with Gasteiger partial charge in [0, 0.05) is 44.1 Å². The Balaban J connectivity index is 1.83. The van der Waals surface area contributed by atoms with Gasteiger partial charge >= 0.3 is 0 Å². The van der Waals surface area contributed by atoms with Crippen LogP contribution in [0.4, 0.5) is 0 Å². The molecule has 0 saturated heterocycles. The van der Waals surface area contributed by atoms with E-state index in [-0.39, 0.29) is 0 Å². The van der Waals surface area contributed by atoms with E-state index in [0.29, 0.717) is 0 Å². The topological polar surface area (TPSA) is 47.7 Å². The van der Waals surface area contributed by atoms with E-state index < -0.39 is 0 Å². The highest BCUT2D eigenvalue weighted by molar-refractivity contribution is 5.80. The first-order valence-electron chi connectivity index (χ1n) is 7.39. The van der Waals surface area contributed by atoms with Crippen molar-refractivity contribution in [2.24, 2.45) is 7.05 Å². The summed E-state index contributed by atoms with van der Waals surface area (Å²) in [6.45, 7) is 4.91. The van der Waals surface area contributed by atoms with Gasteiger partial charge in [0.05, 0.1) is 6.20 Å². The first kappa shape index (κ1) is 13.8. The van der Waals surface area contributed by atoms with Crippen LogP contribution >= 0.6 is 0 Å². The van der Waals surface area contributed by atoms with Crippen LogP contribution in [0.25, 0.3) is 11.0 Å². The number of fused-ring (bicyclic) bond motifs is 1. The number of nitrogens with one attached hydrogen (secondary N) is 1. The minimum Gasteiger partial charge on any atom is -0.332 e. The van der Waals surface area contributed by atoms with Crippen molar-refractivity contribution in [2.75, 3.05) is 6.54 Å². The molecule has 0 spiro atoms. The van der Waals surface area contributed by atoms with Gasteiger partial charge in [0.1, 0.15) is 5.65 Å². The van der Waals surface area contributed by atoms with Crippen LogP contribution in [0, 0.1) is 0 Å². The SMILES string of the molecule is CCNCc1cn(CCc2cnn(C)c2)c2ncccc12. The molecule has 1 N–H and O–H groups in total. The molecule has 5 heteroatoms. The summed E-state index contributed by atoms with van der Waals surface area (Å²) in [7, 11) is 1.95. The number of hydrogen-bond donors (Lipinski definition) is 1. The van der Waals surface area contributed by atoms with Crippen molar-refractivity contribution in [1.82, 2.24) is 24.6 Å². The summed E-state index contributed by atoms with van der Waals surface area (Å²) in [5, 5.41) is 8.85. The van der Waals surface area contributed by atoms with E-state index in [0.717, 1.165) is 31.7 Å². The molecular formula is C16H21N5. The molecule has 0 aliphatic carbocycles. The van der Waals surface area contributed by atoms with Crippen LogP contribution in [0.3, 0.4) is 0 Å². The minimum atomic E-state index is 0.887. The summed E-state index contributed by atoms with van der Waals surface area (Å²) < 4.78 is 4.09. The Hall–Kier alpha value is -2.14. The van der Waals surface area contributed by atoms with Gasteiger partial charge in [0.2, 0.25) is 0 Å². The van der Waals surface area contributed by atoms with Crippen molar-refractivity contribution in [3.05, 3.63) is 48.0 Å². The van der Waals surface area contributed by atoms with E-state index in [1.54, 1.807) is 0 Å². The zero-order valence-corrected chi connectivity index (χ0v) is 12.6. The average molecular weight is 283 g/mol. The molecule has 0 fully saturated rings. The van der Waals surface area contributed by atoms with Gasteiger partial charge in [-0.25, -0.2) is 4.98 Å². The van der Waals surface area contributed by atoms with Gasteiger partial charge in [0.25, 0.3) is 0 Å². The van der Waals surface area contributed by atoms with E-state index in [1.165, 1.54) is 16.5 Å². The third-order valence-electron chi connectivity index (χ3n) is 3.68. The fourth-order valence-electron chi connectivity index (χ4n) is 2.62. The van der Waals surface area contributed by atoms with Crippen LogP contribution in [0.5, 0.6) is 0 Å². The van der Waals surface area contributed by atoms with Crippen LogP contribution in [0.2, 0.25) is 0 Å². The fourth-order valence-corrected chi connectivity index (χ4v) is 2.62. The highest BCUT2D eigenvalue weighted by atomic mass is 15.2. The van der Waals surface area contributed by atoms with Crippen molar-refractivity contribution in [2.45, 2.75) is 26.4 Å². The molecule has 0 aliphatic rings. The number of pyridine rings is 1. The fraction of sp³-hybridized carbons (Fsp3) is 0.375. The Morgan fingerprint density at radius 1 is 1.29 bits per heavy atom. The molecule has 0 aliphatic heterocycles. The van der Waals surface area contributed by atoms with Gasteiger partial charge in [-0.2, -0.15) is 5.10 Å². The van der Waals surface area contributed by atoms with E-state index in [9.17, 15) is 0 Å². The lowest BCUT2D eigenvalue weighted by molar-refractivity contribution is 0.697. The number of aryl methyl sites for hydroxylation is 3. The maximum absolute atomic E-state index is 4.54. The molecule has 3 aromatic heterocycles. The van der Waals surface area contributed by atoms with Crippen LogP contribution in [0.1, 0.15) is 18.1 Å². The molecule has 0 amide bonds. The van der Waals surface area contributed by atoms with Crippen molar-refractivity contribution in [3.8, 4) is 0 Å². The summed E-state index contributed by atoms with van der Waals surface area (Å²) in [5.74, 6) is 0. The van der Waals surface area contributed by atoms with Gasteiger partial charge in [-0.05, 0) is 36.2 Å². The molecule has 3 rings (SSSR count). The molecule has 3 heterocycles. The third-order valence-corrected chi connectivity index (χ3v) is 3.68. The zero-order chi connectivity index (χ0) is 14.7. The molecule has 21 heavy (non-hydrogen) atoms. The largest absolute Gasteiger partial charge is 0.332 e. The summed E-state index contributed by atoms with van der Waals surface area (Å²) in [6.07, 6.45) is 9.04. The highest BCUT2D eigenvalue weighted by Gasteiger charge is 2.09. The van der Waals surface area contributed by atoms with Crippen molar-refractivity contribution in [1.29, 1.82) is 0 Å². The van der Waals surface area contributed by atoms with E-state index in [1.807, 2.05) is 30.2 Å². The molecule has 3 aromatic rings. The standard InChI is InChI=1S/C16H21N5/c1-3-17-10-14-12-21(16-15(14)5-4-7-18-16)8-6-13-9-19-20(2)11-13/h4-5,7,9,11-12,17H,3,6,8,10H2,1-2H3. The van der Waals surface area contributed by atoms with E-state index in [4.69, 9.17) is 0 Å². The molecule has 0 radical (unpaired) electrons. The third kappa shape index (κ3) is 2.97. The van der Waals surface area contributed by atoms with Gasteiger partial charge in [-0.1, -0.05) is 6.92 Å². The van der Waals surface area contributed by atoms with Crippen molar-refractivity contribution in [3.63, 3.8) is 0 Å². The summed E-state index contributed by atoms with van der Waals surface area (Å²) in [4.78, 5) is 4.54. The number of rotatable bonds is 6. The smallest absolute Gasteiger partial charge is 0.140 e. The number of hydrogen-bond acceptors (Lipinski definition) is 3. The lowest BCUT2D eigenvalue weighted by Gasteiger charge is -2.02. The second-order valence-electron chi connectivity index (χ2n) is 5.27. The Bertz CT molecular complexity index is 725. The second-order valence-corrected chi connectivity index (χ2v) is 5.27. The van der Waals surface area contributed by atoms with Crippen LogP contribution in [0.15, 0.2) is 36.9 Å². The average Bonchev–Trinajstić information content (AvgIpc) is 3.07. The molecular weight excluding hydrogens is 262 g/mol. The summed E-state index contributed by atoms with van der Waals surface area (Å²) >= 11 is 0. The Morgan fingerprint density at radius 2 is 2.19 bits per heavy atom. The Labute approximate surface area is 124 Å². The number of nitrogens with zero attached hydrogens (tertiary/aromatic N) is 4. The molecule has 5 nitrogen and oxygen atoms in total. The summed E-state index contributed by atoms with van der Waals surface area (Å²) in [6, 6.07) is 4.15. The maximum atomic E-state index is 4.54. The van der Waals surface area contributed by atoms with Gasteiger partial charge in [-0.15, -0.1) is 0 Å². The van der Waals surface area contributed by atoms with E-state index in [2.05, 4.69) is 45.4 Å². The first-order chi connectivity index (χ1) is 10.3. The molecule has 0 bridgehead atoms. The maximum Gasteiger partial charge on any atom is 0.140 e. The Morgan fingerprint density at radius 3 is 2.95 bits per heavy atom. The zero-order valence-electron chi connectivity index (χ0n) is 12.6. The van der Waals surface area contributed by atoms with Crippen LogP contribution in [-0.4, -0.2) is 25.9 Å². The molecule has 0 atom stereocenters. The predicted octanol–water partition coefficient (Wildman–Crippen LogP) is 2.12. The highest BCUT2D eigenvalue weighted by Crippen LogP contribution is 2.19. The minimum absolute atomic E-state index is 0.887. The lowest BCUT2D eigenvalue weighted by Crippen LogP contribution is -2.11. The van der Waals surface area contributed by atoms with Gasteiger partial charge in [0.15, 0.2) is 0 Å². The lowest BCUT2D eigenvalue weighted by atomic mass is 10.2. The molecule has 0 unspecified atom stereocenters. The monoisotopic (exact) mass is 283 g/mol. The molecule has 0 aromatic carbocycles. The van der Waals surface area contributed by atoms with Gasteiger partial charge in [-0.3, -0.25) is 4.68 Å². The summed E-state index contributed by atoms with van der Waals surface area (Å²) in [5.41, 5.74) is 3.63. The number of aromatic nitrogens is 4. The normalized spacial score (nSPS) is 11.3. The Kier molecular flexibility index (Phi) is 4.01. The van der Waals surface area contributed by atoms with Crippen LogP contribution in [-0.2, 0) is 26.6 Å². The van der Waals surface area contributed by atoms with Crippen LogP contribution < -0.4 is 5.32 Å². The quantitative estimate of drug-likeness (QED) is 0.754.